The summed E-state index contributed by atoms with van der Waals surface area (Å²) in [6.45, 7) is 5.57. The van der Waals surface area contributed by atoms with Gasteiger partial charge in [0.1, 0.15) is 0 Å². The van der Waals surface area contributed by atoms with E-state index in [1.54, 1.807) is 6.07 Å². The van der Waals surface area contributed by atoms with Crippen LogP contribution in [0.25, 0.3) is 0 Å². The molecule has 0 aliphatic carbocycles. The third kappa shape index (κ3) is 4.89. The normalized spacial score (nSPS) is 16.1. The molecule has 1 atom stereocenters. The summed E-state index contributed by atoms with van der Waals surface area (Å²) < 4.78 is 0. The third-order valence-electron chi connectivity index (χ3n) is 3.57. The van der Waals surface area contributed by atoms with E-state index in [-0.39, 0.29) is 11.9 Å². The number of nitrogens with two attached hydrogens (primary N) is 1. The zero-order valence-electron chi connectivity index (χ0n) is 12.6. The lowest BCUT2D eigenvalue weighted by atomic mass is 10.1. The van der Waals surface area contributed by atoms with Crippen molar-refractivity contribution in [1.82, 2.24) is 10.2 Å². The van der Waals surface area contributed by atoms with Gasteiger partial charge in [-0.05, 0) is 51.1 Å². The minimum absolute atomic E-state index is 0.0434. The van der Waals surface area contributed by atoms with Gasteiger partial charge in [0, 0.05) is 23.7 Å². The Labute approximate surface area is 126 Å². The number of nitrogens with one attached hydrogen (secondary N) is 1. The van der Waals surface area contributed by atoms with Crippen molar-refractivity contribution in [2.24, 2.45) is 5.73 Å². The maximum atomic E-state index is 12.3. The molecule has 1 heterocycles. The Bertz CT molecular complexity index is 538. The largest absolute Gasteiger partial charge is 0.348 e. The number of nitrogens with zero attached hydrogens (tertiary/aromatic N) is 1. The van der Waals surface area contributed by atoms with E-state index in [2.05, 4.69) is 22.1 Å². The molecule has 4 nitrogen and oxygen atoms in total. The molecule has 1 aliphatic rings. The summed E-state index contributed by atoms with van der Waals surface area (Å²) in [5.41, 5.74) is 6.83. The molecule has 1 aliphatic heterocycles. The first-order chi connectivity index (χ1) is 10.2. The molecule has 0 spiro atoms. The predicted octanol–water partition coefficient (Wildman–Crippen LogP) is 1.21. The van der Waals surface area contributed by atoms with Crippen LogP contribution in [-0.4, -0.2) is 43.0 Å². The highest BCUT2D eigenvalue weighted by Gasteiger charge is 2.16. The molecule has 0 aromatic heterocycles. The summed E-state index contributed by atoms with van der Waals surface area (Å²) in [4.78, 5) is 14.6. The molecule has 3 N–H and O–H groups in total. The van der Waals surface area contributed by atoms with Gasteiger partial charge in [-0.3, -0.25) is 4.79 Å². The summed E-state index contributed by atoms with van der Waals surface area (Å²) in [5, 5.41) is 3.05. The van der Waals surface area contributed by atoms with Crippen LogP contribution in [0, 0.1) is 11.8 Å². The number of hydrogen-bond donors (Lipinski definition) is 2. The molecular weight excluding hydrogens is 262 g/mol. The predicted molar refractivity (Wildman–Crippen MR) is 85.0 cm³/mol. The lowest BCUT2D eigenvalue weighted by Crippen LogP contribution is -2.41. The van der Waals surface area contributed by atoms with E-state index in [1.165, 1.54) is 12.8 Å². The van der Waals surface area contributed by atoms with Crippen molar-refractivity contribution >= 4 is 5.91 Å². The Balaban J connectivity index is 1.92. The van der Waals surface area contributed by atoms with Gasteiger partial charge in [0.15, 0.2) is 0 Å². The van der Waals surface area contributed by atoms with Gasteiger partial charge in [0.2, 0.25) is 0 Å². The van der Waals surface area contributed by atoms with Gasteiger partial charge in [-0.15, -0.1) is 0 Å². The molecule has 2 rings (SSSR count). The molecule has 0 radical (unpaired) electrons. The molecule has 1 aromatic rings. The van der Waals surface area contributed by atoms with Crippen LogP contribution in [0.2, 0.25) is 0 Å². The van der Waals surface area contributed by atoms with Crippen LogP contribution < -0.4 is 11.1 Å². The molecule has 1 aromatic carbocycles. The number of carbonyl (C=O) groups is 1. The SMILES string of the molecule is CC(CN1CCCC1)NC(=O)c1cccc(C#CCN)c1. The Hall–Kier alpha value is -1.83. The van der Waals surface area contributed by atoms with E-state index >= 15 is 0 Å². The first-order valence-corrected chi connectivity index (χ1v) is 7.51. The van der Waals surface area contributed by atoms with Crippen LogP contribution in [0.4, 0.5) is 0 Å². The zero-order chi connectivity index (χ0) is 15.1. The summed E-state index contributed by atoms with van der Waals surface area (Å²) in [7, 11) is 0. The minimum atomic E-state index is -0.0434. The molecule has 21 heavy (non-hydrogen) atoms. The number of carbonyl (C=O) groups excluding carboxylic acids is 1. The van der Waals surface area contributed by atoms with Gasteiger partial charge >= 0.3 is 0 Å². The molecule has 1 amide bonds. The van der Waals surface area contributed by atoms with Crippen molar-refractivity contribution < 1.29 is 4.79 Å². The molecule has 112 valence electrons. The highest BCUT2D eigenvalue weighted by Crippen LogP contribution is 2.08. The smallest absolute Gasteiger partial charge is 0.251 e. The van der Waals surface area contributed by atoms with Crippen LogP contribution in [0.5, 0.6) is 0 Å². The molecular formula is C17H23N3O. The van der Waals surface area contributed by atoms with Crippen LogP contribution in [0.1, 0.15) is 35.7 Å². The number of likely N-dealkylation sites (tertiary alicyclic amines) is 1. The fraction of sp³-hybridized carbons (Fsp3) is 0.471. The lowest BCUT2D eigenvalue weighted by Gasteiger charge is -2.21. The van der Waals surface area contributed by atoms with Crippen LogP contribution >= 0.6 is 0 Å². The van der Waals surface area contributed by atoms with Gasteiger partial charge < -0.3 is 16.0 Å². The molecule has 0 saturated carbocycles. The first-order valence-electron chi connectivity index (χ1n) is 7.51. The Morgan fingerprint density at radius 1 is 1.43 bits per heavy atom. The van der Waals surface area contributed by atoms with E-state index < -0.39 is 0 Å². The molecule has 1 saturated heterocycles. The average molecular weight is 285 g/mol. The monoisotopic (exact) mass is 285 g/mol. The number of hydrogen-bond acceptors (Lipinski definition) is 3. The van der Waals surface area contributed by atoms with Gasteiger partial charge in [0.05, 0.1) is 6.54 Å². The van der Waals surface area contributed by atoms with Crippen molar-refractivity contribution in [2.45, 2.75) is 25.8 Å². The summed E-state index contributed by atoms with van der Waals surface area (Å²) in [6.07, 6.45) is 2.53. The Morgan fingerprint density at radius 3 is 2.90 bits per heavy atom. The van der Waals surface area contributed by atoms with Crippen LogP contribution in [0.15, 0.2) is 24.3 Å². The standard InChI is InChI=1S/C17H23N3O/c1-14(13-20-10-2-3-11-20)19-17(21)16-8-4-6-15(12-16)7-5-9-18/h4,6,8,12,14H,2-3,9-11,13,18H2,1H3,(H,19,21). The van der Waals surface area contributed by atoms with E-state index in [0.29, 0.717) is 12.1 Å². The van der Waals surface area contributed by atoms with Crippen LogP contribution in [-0.2, 0) is 0 Å². The average Bonchev–Trinajstić information content (AvgIpc) is 2.98. The van der Waals surface area contributed by atoms with Crippen molar-refractivity contribution in [3.8, 4) is 11.8 Å². The maximum Gasteiger partial charge on any atom is 0.251 e. The topological polar surface area (TPSA) is 58.4 Å². The second kappa shape index (κ2) is 7.82. The second-order valence-corrected chi connectivity index (χ2v) is 5.47. The van der Waals surface area contributed by atoms with E-state index in [1.807, 2.05) is 25.1 Å². The van der Waals surface area contributed by atoms with E-state index in [4.69, 9.17) is 5.73 Å². The van der Waals surface area contributed by atoms with Crippen LogP contribution in [0.3, 0.4) is 0 Å². The van der Waals surface area contributed by atoms with Crippen molar-refractivity contribution in [3.05, 3.63) is 35.4 Å². The molecule has 1 unspecified atom stereocenters. The summed E-state index contributed by atoms with van der Waals surface area (Å²) >= 11 is 0. The molecule has 0 bridgehead atoms. The number of rotatable bonds is 4. The number of benzene rings is 1. The second-order valence-electron chi connectivity index (χ2n) is 5.47. The summed E-state index contributed by atoms with van der Waals surface area (Å²) in [5.74, 6) is 5.70. The zero-order valence-corrected chi connectivity index (χ0v) is 12.6. The van der Waals surface area contributed by atoms with Crippen molar-refractivity contribution in [2.75, 3.05) is 26.2 Å². The van der Waals surface area contributed by atoms with Gasteiger partial charge in [-0.25, -0.2) is 0 Å². The molecule has 1 fully saturated rings. The quantitative estimate of drug-likeness (QED) is 0.818. The highest BCUT2D eigenvalue weighted by atomic mass is 16.1. The highest BCUT2D eigenvalue weighted by molar-refractivity contribution is 5.94. The number of amides is 1. The Kier molecular flexibility index (Phi) is 5.79. The van der Waals surface area contributed by atoms with Crippen molar-refractivity contribution in [1.29, 1.82) is 0 Å². The Morgan fingerprint density at radius 2 is 2.19 bits per heavy atom. The summed E-state index contributed by atoms with van der Waals surface area (Å²) in [6, 6.07) is 7.49. The lowest BCUT2D eigenvalue weighted by molar-refractivity contribution is 0.0932. The fourth-order valence-electron chi connectivity index (χ4n) is 2.60. The van der Waals surface area contributed by atoms with Gasteiger partial charge in [0.25, 0.3) is 5.91 Å². The minimum Gasteiger partial charge on any atom is -0.348 e. The van der Waals surface area contributed by atoms with Gasteiger partial charge in [-0.2, -0.15) is 0 Å². The molecule has 4 heteroatoms. The van der Waals surface area contributed by atoms with E-state index in [0.717, 1.165) is 25.2 Å². The third-order valence-corrected chi connectivity index (χ3v) is 3.57. The maximum absolute atomic E-state index is 12.3. The van der Waals surface area contributed by atoms with Gasteiger partial charge in [-0.1, -0.05) is 17.9 Å². The van der Waals surface area contributed by atoms with E-state index in [9.17, 15) is 4.79 Å². The fourth-order valence-corrected chi connectivity index (χ4v) is 2.60. The first kappa shape index (κ1) is 15.6. The van der Waals surface area contributed by atoms with Crippen molar-refractivity contribution in [3.63, 3.8) is 0 Å².